The van der Waals surface area contributed by atoms with Crippen LogP contribution in [0.15, 0.2) is 255 Å². The van der Waals surface area contributed by atoms with Gasteiger partial charge in [0.25, 0.3) is 6.71 Å². The van der Waals surface area contributed by atoms with Crippen molar-refractivity contribution in [1.29, 1.82) is 0 Å². The number of fused-ring (bicyclic) bond motifs is 9. The molecule has 0 N–H and O–H groups in total. The average molecular weight is 1300 g/mol. The number of hydrogen-bond acceptors (Lipinski definition) is 2. The van der Waals surface area contributed by atoms with Crippen molar-refractivity contribution in [3.8, 4) is 61.3 Å². The summed E-state index contributed by atoms with van der Waals surface area (Å²) in [6.45, 7) is 33.1. The summed E-state index contributed by atoms with van der Waals surface area (Å²) in [7, 11) is 0. The number of nitrogens with zero attached hydrogens (tertiary/aromatic N) is 3. The van der Waals surface area contributed by atoms with Crippen LogP contribution in [0.3, 0.4) is 0 Å². The summed E-state index contributed by atoms with van der Waals surface area (Å²) < 4.78 is 2.55. The molecule has 0 saturated carbocycles. The standard InChI is InChI=1S/C96H92BN3/c1-91(2,3)71-37-24-62(25-38-71)69-35-48-86-82(57-69)97-83-58-70(63-26-39-72(40-27-63)92(4,5)6)36-49-87(83)99(74-43-30-65(31-44-74)68-33-46-79-81(56-68)96(13,14)53-51-94(79,9)10)89-60-75(100-84-23-19-18-22-76(84)77-54-66(34-47-85(77)100)61-20-16-15-17-21-61)59-88(90(89)97)98(86)73-41-28-64(29-42-73)67-32-45-78-80(55-67)95(11,12)52-50-93(78,7)8/h15-49,54-60H,50-53H2,1-14H3. The van der Waals surface area contributed by atoms with Crippen LogP contribution < -0.4 is 26.2 Å². The van der Waals surface area contributed by atoms with Crippen LogP contribution in [-0.4, -0.2) is 11.3 Å². The monoisotopic (exact) mass is 1300 g/mol. The Labute approximate surface area is 594 Å². The molecule has 1 aromatic heterocycles. The SMILES string of the molecule is CC(C)(C)c1ccc(-c2ccc3c(c2)B2c4cc(-c5ccc(C(C)(C)C)cc5)ccc4N(c4ccc(-c5ccc6c(c5)C(C)(C)CCC6(C)C)cc4)c4cc(-n5c6ccccc6c6cc(-c7ccccc7)ccc65)cc(c42)N3c2ccc(-c3ccc4c(c3)C(C)(C)CCC4(C)C)cc2)cc1. The van der Waals surface area contributed by atoms with Crippen molar-refractivity contribution < 1.29 is 0 Å². The van der Waals surface area contributed by atoms with Crippen molar-refractivity contribution in [3.63, 3.8) is 0 Å². The van der Waals surface area contributed by atoms with E-state index >= 15 is 0 Å². The second kappa shape index (κ2) is 22.8. The molecule has 2 aliphatic carbocycles. The molecule has 13 aromatic rings. The summed E-state index contributed by atoms with van der Waals surface area (Å²) in [5.74, 6) is 0. The molecule has 12 aromatic carbocycles. The maximum atomic E-state index is 2.62. The van der Waals surface area contributed by atoms with Gasteiger partial charge >= 0.3 is 0 Å². The third kappa shape index (κ3) is 10.5. The fraction of sp³-hybridized carbons (Fsp3) is 0.250. The van der Waals surface area contributed by atoms with Crippen LogP contribution in [0.1, 0.15) is 156 Å². The van der Waals surface area contributed by atoms with Crippen LogP contribution in [0.4, 0.5) is 34.1 Å². The van der Waals surface area contributed by atoms with E-state index in [0.29, 0.717) is 0 Å². The largest absolute Gasteiger partial charge is 0.311 e. The van der Waals surface area contributed by atoms with Gasteiger partial charge in [-0.2, -0.15) is 0 Å². The Bertz CT molecular complexity index is 5160. The highest BCUT2D eigenvalue weighted by Crippen LogP contribution is 2.52. The predicted molar refractivity (Wildman–Crippen MR) is 430 cm³/mol. The number of benzene rings is 12. The van der Waals surface area contributed by atoms with Gasteiger partial charge in [-0.25, -0.2) is 0 Å². The van der Waals surface area contributed by atoms with Gasteiger partial charge < -0.3 is 14.4 Å². The molecule has 2 aliphatic heterocycles. The molecule has 0 fully saturated rings. The Morgan fingerprint density at radius 1 is 0.280 bits per heavy atom. The van der Waals surface area contributed by atoms with E-state index in [2.05, 4.69) is 366 Å². The van der Waals surface area contributed by atoms with Crippen molar-refractivity contribution in [2.24, 2.45) is 0 Å². The molecular formula is C96H92BN3. The zero-order valence-electron chi connectivity index (χ0n) is 61.0. The molecule has 0 radical (unpaired) electrons. The first-order chi connectivity index (χ1) is 47.8. The Morgan fingerprint density at radius 2 is 0.630 bits per heavy atom. The molecule has 4 aliphatic rings. The number of aromatic nitrogens is 1. The molecule has 0 atom stereocenters. The van der Waals surface area contributed by atoms with Gasteiger partial charge in [-0.3, -0.25) is 0 Å². The Hall–Kier alpha value is -9.90. The van der Waals surface area contributed by atoms with Crippen molar-refractivity contribution in [2.45, 2.75) is 155 Å². The molecule has 3 nitrogen and oxygen atoms in total. The zero-order valence-corrected chi connectivity index (χ0v) is 61.0. The summed E-state index contributed by atoms with van der Waals surface area (Å²) in [5.41, 5.74) is 35.5. The molecule has 4 heteroatoms. The zero-order chi connectivity index (χ0) is 69.2. The molecule has 0 unspecified atom stereocenters. The van der Waals surface area contributed by atoms with E-state index in [-0.39, 0.29) is 39.2 Å². The minimum atomic E-state index is -0.157. The van der Waals surface area contributed by atoms with E-state index in [9.17, 15) is 0 Å². The lowest BCUT2D eigenvalue weighted by atomic mass is 9.33. The smallest absolute Gasteiger partial charge is 0.252 e. The quantitative estimate of drug-likeness (QED) is 0.141. The Balaban J connectivity index is 0.932. The fourth-order valence-corrected chi connectivity index (χ4v) is 17.6. The summed E-state index contributed by atoms with van der Waals surface area (Å²) in [6.07, 6.45) is 4.73. The number of para-hydroxylation sites is 1. The van der Waals surface area contributed by atoms with Crippen LogP contribution >= 0.6 is 0 Å². The lowest BCUT2D eigenvalue weighted by Crippen LogP contribution is -2.61. The van der Waals surface area contributed by atoms with Crippen molar-refractivity contribution in [3.05, 3.63) is 288 Å². The summed E-state index contributed by atoms with van der Waals surface area (Å²) in [5, 5.41) is 2.45. The maximum Gasteiger partial charge on any atom is 0.252 e. The minimum Gasteiger partial charge on any atom is -0.311 e. The first kappa shape index (κ1) is 63.5. The molecule has 494 valence electrons. The van der Waals surface area contributed by atoms with Gasteiger partial charge in [0.05, 0.1) is 16.7 Å². The van der Waals surface area contributed by atoms with Gasteiger partial charge in [0.2, 0.25) is 0 Å². The normalized spacial score (nSPS) is 16.2. The average Bonchev–Trinajstić information content (AvgIpc) is 0.866. The van der Waals surface area contributed by atoms with Crippen LogP contribution in [-0.2, 0) is 32.5 Å². The van der Waals surface area contributed by atoms with Crippen LogP contribution in [0.5, 0.6) is 0 Å². The lowest BCUT2D eigenvalue weighted by Gasteiger charge is -2.44. The van der Waals surface area contributed by atoms with Gasteiger partial charge in [-0.15, -0.1) is 0 Å². The van der Waals surface area contributed by atoms with Crippen molar-refractivity contribution in [1.82, 2.24) is 4.57 Å². The minimum absolute atomic E-state index is 0.0274. The number of rotatable bonds is 8. The van der Waals surface area contributed by atoms with Crippen molar-refractivity contribution in [2.75, 3.05) is 9.80 Å². The van der Waals surface area contributed by atoms with E-state index in [1.54, 1.807) is 0 Å². The second-order valence-electron chi connectivity index (χ2n) is 34.3. The molecule has 3 heterocycles. The van der Waals surface area contributed by atoms with Gasteiger partial charge in [0, 0.05) is 44.9 Å². The van der Waals surface area contributed by atoms with E-state index in [0.717, 1.165) is 28.4 Å². The van der Waals surface area contributed by atoms with Crippen LogP contribution in [0, 0.1) is 0 Å². The molecule has 0 spiro atoms. The fourth-order valence-electron chi connectivity index (χ4n) is 17.6. The topological polar surface area (TPSA) is 11.4 Å². The summed E-state index contributed by atoms with van der Waals surface area (Å²) in [6, 6.07) is 99.2. The third-order valence-corrected chi connectivity index (χ3v) is 23.9. The molecule has 17 rings (SSSR count). The highest BCUT2D eigenvalue weighted by atomic mass is 15.2. The van der Waals surface area contributed by atoms with Crippen LogP contribution in [0.25, 0.3) is 83.1 Å². The van der Waals surface area contributed by atoms with Gasteiger partial charge in [0.15, 0.2) is 0 Å². The highest BCUT2D eigenvalue weighted by Gasteiger charge is 2.45. The first-order valence-corrected chi connectivity index (χ1v) is 36.7. The molecule has 0 saturated heterocycles. The lowest BCUT2D eigenvalue weighted by molar-refractivity contribution is 0.332. The van der Waals surface area contributed by atoms with Crippen LogP contribution in [0.2, 0.25) is 0 Å². The van der Waals surface area contributed by atoms with Gasteiger partial charge in [-0.05, 0) is 230 Å². The highest BCUT2D eigenvalue weighted by molar-refractivity contribution is 7.00. The molecule has 0 amide bonds. The number of anilines is 6. The Morgan fingerprint density at radius 3 is 1.08 bits per heavy atom. The first-order valence-electron chi connectivity index (χ1n) is 36.7. The second-order valence-corrected chi connectivity index (χ2v) is 34.3. The Kier molecular flexibility index (Phi) is 14.5. The maximum absolute atomic E-state index is 2.62. The van der Waals surface area contributed by atoms with E-state index in [1.165, 1.54) is 164 Å². The summed E-state index contributed by atoms with van der Waals surface area (Å²) in [4.78, 5) is 5.23. The number of hydrogen-bond donors (Lipinski definition) is 0. The van der Waals surface area contributed by atoms with Gasteiger partial charge in [0.1, 0.15) is 0 Å². The van der Waals surface area contributed by atoms with Gasteiger partial charge in [-0.1, -0.05) is 285 Å². The predicted octanol–water partition coefficient (Wildman–Crippen LogP) is 24.5. The molecule has 0 bridgehead atoms. The molecular weight excluding hydrogens is 1210 g/mol. The third-order valence-electron chi connectivity index (χ3n) is 23.9. The molecule has 100 heavy (non-hydrogen) atoms. The van der Waals surface area contributed by atoms with E-state index in [1.807, 2.05) is 0 Å². The van der Waals surface area contributed by atoms with Crippen molar-refractivity contribution >= 4 is 79.0 Å². The van der Waals surface area contributed by atoms with E-state index < -0.39 is 0 Å². The van der Waals surface area contributed by atoms with E-state index in [4.69, 9.17) is 0 Å². The summed E-state index contributed by atoms with van der Waals surface area (Å²) >= 11 is 0.